The Morgan fingerprint density at radius 3 is 3.10 bits per heavy atom. The summed E-state index contributed by atoms with van der Waals surface area (Å²) in [5.41, 5.74) is 2.60. The van der Waals surface area contributed by atoms with E-state index >= 15 is 0 Å². The van der Waals surface area contributed by atoms with Crippen molar-refractivity contribution in [3.05, 3.63) is 22.0 Å². The SMILES string of the molecule is CCOC(=O)C1CCCc2sc3nc(C)c(CO)n3c21. The summed E-state index contributed by atoms with van der Waals surface area (Å²) >= 11 is 1.62. The lowest BCUT2D eigenvalue weighted by molar-refractivity contribution is -0.145. The van der Waals surface area contributed by atoms with Gasteiger partial charge in [-0.15, -0.1) is 11.3 Å². The van der Waals surface area contributed by atoms with Crippen molar-refractivity contribution >= 4 is 22.3 Å². The minimum Gasteiger partial charge on any atom is -0.465 e. The second kappa shape index (κ2) is 5.18. The maximum Gasteiger partial charge on any atom is 0.314 e. The second-order valence-electron chi connectivity index (χ2n) is 5.03. The van der Waals surface area contributed by atoms with E-state index < -0.39 is 0 Å². The zero-order valence-electron chi connectivity index (χ0n) is 11.7. The van der Waals surface area contributed by atoms with E-state index in [9.17, 15) is 9.90 Å². The summed E-state index contributed by atoms with van der Waals surface area (Å²) in [4.78, 5) is 18.8. The molecule has 2 heterocycles. The van der Waals surface area contributed by atoms with Gasteiger partial charge in [0, 0.05) is 4.88 Å². The zero-order valence-corrected chi connectivity index (χ0v) is 12.5. The second-order valence-corrected chi connectivity index (χ2v) is 6.09. The Hall–Kier alpha value is -1.40. The van der Waals surface area contributed by atoms with Crippen LogP contribution in [-0.2, 0) is 22.6 Å². The molecule has 108 valence electrons. The quantitative estimate of drug-likeness (QED) is 0.881. The van der Waals surface area contributed by atoms with Crippen LogP contribution >= 0.6 is 11.3 Å². The summed E-state index contributed by atoms with van der Waals surface area (Å²) in [6, 6.07) is 0. The van der Waals surface area contributed by atoms with Crippen molar-refractivity contribution in [1.82, 2.24) is 9.38 Å². The van der Waals surface area contributed by atoms with Gasteiger partial charge in [0.05, 0.1) is 36.2 Å². The van der Waals surface area contributed by atoms with Crippen molar-refractivity contribution in [3.8, 4) is 0 Å². The Morgan fingerprint density at radius 1 is 1.60 bits per heavy atom. The van der Waals surface area contributed by atoms with Crippen molar-refractivity contribution in [1.29, 1.82) is 0 Å². The van der Waals surface area contributed by atoms with E-state index in [2.05, 4.69) is 4.98 Å². The van der Waals surface area contributed by atoms with Gasteiger partial charge in [-0.25, -0.2) is 4.98 Å². The van der Waals surface area contributed by atoms with Crippen LogP contribution < -0.4 is 0 Å². The maximum atomic E-state index is 12.2. The molecule has 0 radical (unpaired) electrons. The normalized spacial score (nSPS) is 18.2. The fourth-order valence-corrected chi connectivity index (χ4v) is 4.22. The number of aryl methyl sites for hydroxylation is 2. The molecule has 0 fully saturated rings. The smallest absolute Gasteiger partial charge is 0.314 e. The first-order valence-corrected chi connectivity index (χ1v) is 7.76. The summed E-state index contributed by atoms with van der Waals surface area (Å²) in [6.07, 6.45) is 2.77. The number of imidazole rings is 1. The van der Waals surface area contributed by atoms with Gasteiger partial charge in [-0.1, -0.05) is 0 Å². The van der Waals surface area contributed by atoms with Gasteiger partial charge in [-0.2, -0.15) is 0 Å². The van der Waals surface area contributed by atoms with E-state index in [1.807, 2.05) is 18.2 Å². The van der Waals surface area contributed by atoms with Crippen LogP contribution in [0, 0.1) is 6.92 Å². The molecule has 0 amide bonds. The third-order valence-corrected chi connectivity index (χ3v) is 4.95. The Labute approximate surface area is 121 Å². The molecule has 6 heteroatoms. The molecule has 3 rings (SSSR count). The molecule has 0 aliphatic heterocycles. The molecule has 2 aromatic heterocycles. The third-order valence-electron chi connectivity index (χ3n) is 3.83. The van der Waals surface area contributed by atoms with Crippen LogP contribution in [0.15, 0.2) is 0 Å². The Balaban J connectivity index is 2.17. The Morgan fingerprint density at radius 2 is 2.40 bits per heavy atom. The first kappa shape index (κ1) is 13.6. The van der Waals surface area contributed by atoms with E-state index in [0.29, 0.717) is 6.61 Å². The maximum absolute atomic E-state index is 12.2. The lowest BCUT2D eigenvalue weighted by Crippen LogP contribution is -2.22. The molecule has 5 nitrogen and oxygen atoms in total. The van der Waals surface area contributed by atoms with Crippen LogP contribution in [0.4, 0.5) is 0 Å². The van der Waals surface area contributed by atoms with Crippen LogP contribution in [0.25, 0.3) is 4.96 Å². The number of carbonyl (C=O) groups is 1. The average Bonchev–Trinajstić information content (AvgIpc) is 2.92. The number of aromatic nitrogens is 2. The van der Waals surface area contributed by atoms with E-state index in [1.165, 1.54) is 4.88 Å². The molecule has 0 aromatic carbocycles. The van der Waals surface area contributed by atoms with E-state index in [0.717, 1.165) is 41.3 Å². The number of thiazole rings is 1. The number of hydrogen-bond donors (Lipinski definition) is 1. The first-order valence-electron chi connectivity index (χ1n) is 6.94. The number of esters is 1. The summed E-state index contributed by atoms with van der Waals surface area (Å²) < 4.78 is 7.17. The predicted molar refractivity (Wildman–Crippen MR) is 76.0 cm³/mol. The summed E-state index contributed by atoms with van der Waals surface area (Å²) in [7, 11) is 0. The zero-order chi connectivity index (χ0) is 14.3. The van der Waals surface area contributed by atoms with Gasteiger partial charge in [-0.3, -0.25) is 9.20 Å². The highest BCUT2D eigenvalue weighted by Gasteiger charge is 2.33. The number of ether oxygens (including phenoxy) is 1. The van der Waals surface area contributed by atoms with Gasteiger partial charge in [0.1, 0.15) is 0 Å². The molecule has 1 aliphatic carbocycles. The van der Waals surface area contributed by atoms with Gasteiger partial charge < -0.3 is 9.84 Å². The van der Waals surface area contributed by atoms with Gasteiger partial charge in [-0.05, 0) is 33.1 Å². The summed E-state index contributed by atoms with van der Waals surface area (Å²) in [5, 5.41) is 9.58. The minimum absolute atomic E-state index is 0.0638. The highest BCUT2D eigenvalue weighted by Crippen LogP contribution is 2.39. The van der Waals surface area contributed by atoms with E-state index in [4.69, 9.17) is 4.74 Å². The minimum atomic E-state index is -0.230. The molecule has 20 heavy (non-hydrogen) atoms. The van der Waals surface area contributed by atoms with Crippen LogP contribution in [0.3, 0.4) is 0 Å². The summed E-state index contributed by atoms with van der Waals surface area (Å²) in [5.74, 6) is -0.394. The number of fused-ring (bicyclic) bond motifs is 3. The third kappa shape index (κ3) is 1.94. The largest absolute Gasteiger partial charge is 0.465 e. The van der Waals surface area contributed by atoms with E-state index in [-0.39, 0.29) is 18.5 Å². The lowest BCUT2D eigenvalue weighted by Gasteiger charge is -2.21. The van der Waals surface area contributed by atoms with Gasteiger partial charge in [0.15, 0.2) is 4.96 Å². The van der Waals surface area contributed by atoms with Crippen LogP contribution in [-0.4, -0.2) is 27.1 Å². The predicted octanol–water partition coefficient (Wildman–Crippen LogP) is 2.18. The van der Waals surface area contributed by atoms with Gasteiger partial charge >= 0.3 is 5.97 Å². The first-order chi connectivity index (χ1) is 9.67. The lowest BCUT2D eigenvalue weighted by atomic mass is 9.91. The molecule has 1 atom stereocenters. The topological polar surface area (TPSA) is 63.8 Å². The highest BCUT2D eigenvalue weighted by atomic mass is 32.1. The van der Waals surface area contributed by atoms with Crippen molar-refractivity contribution in [2.75, 3.05) is 6.61 Å². The molecular formula is C14H18N2O3S. The van der Waals surface area contributed by atoms with Gasteiger partial charge in [0.25, 0.3) is 0 Å². The monoisotopic (exact) mass is 294 g/mol. The number of rotatable bonds is 3. The molecular weight excluding hydrogens is 276 g/mol. The average molecular weight is 294 g/mol. The van der Waals surface area contributed by atoms with Gasteiger partial charge in [0.2, 0.25) is 0 Å². The highest BCUT2D eigenvalue weighted by molar-refractivity contribution is 7.17. The molecule has 1 aliphatic rings. The molecule has 1 unspecified atom stereocenters. The fraction of sp³-hybridized carbons (Fsp3) is 0.571. The van der Waals surface area contributed by atoms with Crippen molar-refractivity contribution < 1.29 is 14.6 Å². The Bertz CT molecular complexity index is 659. The summed E-state index contributed by atoms with van der Waals surface area (Å²) in [6.45, 7) is 4.05. The molecule has 2 aromatic rings. The molecule has 0 spiro atoms. The number of carbonyl (C=O) groups excluding carboxylic acids is 1. The Kier molecular flexibility index (Phi) is 3.52. The number of hydrogen-bond acceptors (Lipinski definition) is 5. The van der Waals surface area contributed by atoms with Crippen LogP contribution in [0.5, 0.6) is 0 Å². The number of nitrogens with zero attached hydrogens (tertiary/aromatic N) is 2. The number of aliphatic hydroxyl groups excluding tert-OH is 1. The molecule has 0 bridgehead atoms. The molecule has 1 N–H and O–H groups in total. The van der Waals surface area contributed by atoms with Crippen LogP contribution in [0.1, 0.15) is 47.6 Å². The standard InChI is InChI=1S/C14H18N2O3S/c1-3-19-13(18)9-5-4-6-11-12(9)16-10(7-17)8(2)15-14(16)20-11/h9,17H,3-7H2,1-2H3. The number of aliphatic hydroxyl groups is 1. The molecule has 0 saturated carbocycles. The van der Waals surface area contributed by atoms with E-state index in [1.54, 1.807) is 11.3 Å². The van der Waals surface area contributed by atoms with Crippen LogP contribution in [0.2, 0.25) is 0 Å². The fourth-order valence-electron chi connectivity index (χ4n) is 2.93. The van der Waals surface area contributed by atoms with Crippen molar-refractivity contribution in [2.24, 2.45) is 0 Å². The molecule has 0 saturated heterocycles. The van der Waals surface area contributed by atoms with Crippen molar-refractivity contribution in [2.45, 2.75) is 45.6 Å². The van der Waals surface area contributed by atoms with Crippen molar-refractivity contribution in [3.63, 3.8) is 0 Å².